The molecule has 0 radical (unpaired) electrons. The highest BCUT2D eigenvalue weighted by atomic mass is 28.3. The molecule has 1 aliphatic rings. The van der Waals surface area contributed by atoms with Crippen molar-refractivity contribution in [2.24, 2.45) is 5.92 Å². The molecule has 1 saturated carbocycles. The molecule has 1 fully saturated rings. The number of aromatic nitrogens is 2. The maximum Gasteiger partial charge on any atom is 0.143 e. The molecular weight excluding hydrogens is 342 g/mol. The van der Waals surface area contributed by atoms with Crippen molar-refractivity contribution in [3.63, 3.8) is 0 Å². The molecule has 6 heteroatoms. The van der Waals surface area contributed by atoms with Crippen LogP contribution in [0.1, 0.15) is 25.7 Å². The summed E-state index contributed by atoms with van der Waals surface area (Å²) in [7, 11) is -1.05. The van der Waals surface area contributed by atoms with Crippen LogP contribution < -0.4 is 5.32 Å². The molecule has 144 valence electrons. The van der Waals surface area contributed by atoms with Crippen molar-refractivity contribution in [3.05, 3.63) is 24.5 Å². The number of nitrogens with zero attached hydrogens (tertiary/aromatic N) is 2. The molecule has 3 rings (SSSR count). The van der Waals surface area contributed by atoms with Gasteiger partial charge < -0.3 is 19.7 Å². The van der Waals surface area contributed by atoms with Crippen molar-refractivity contribution in [2.75, 3.05) is 18.5 Å². The quantitative estimate of drug-likeness (QED) is 0.533. The van der Waals surface area contributed by atoms with Crippen LogP contribution >= 0.6 is 0 Å². The summed E-state index contributed by atoms with van der Waals surface area (Å²) in [6.07, 6.45) is 8.40. The minimum Gasteiger partial charge on any atom is -0.396 e. The topological polar surface area (TPSA) is 59.3 Å². The summed E-state index contributed by atoms with van der Waals surface area (Å²) in [4.78, 5) is 4.57. The Morgan fingerprint density at radius 3 is 2.69 bits per heavy atom. The Morgan fingerprint density at radius 1 is 1.23 bits per heavy atom. The Hall–Kier alpha value is -1.37. The van der Waals surface area contributed by atoms with Crippen LogP contribution in [0, 0.1) is 5.92 Å². The molecule has 0 unspecified atom stereocenters. The molecular formula is C20H33N3O2Si. The Bertz CT molecular complexity index is 703. The smallest absolute Gasteiger partial charge is 0.143 e. The Morgan fingerprint density at radius 2 is 2.00 bits per heavy atom. The van der Waals surface area contributed by atoms with Crippen LogP contribution in [-0.2, 0) is 11.5 Å². The Balaban J connectivity index is 1.61. The standard InChI is InChI=1S/C20H33N3O2Si/c1-26(2,3)13-12-25-15-23-11-9-18-19(8-10-21-20(18)23)22-17-6-4-16(14-24)5-7-17/h8-11,16-17,24H,4-7,12-15H2,1-3H3,(H,21,22). The molecule has 0 spiro atoms. The minimum absolute atomic E-state index is 0.326. The van der Waals surface area contributed by atoms with Gasteiger partial charge in [-0.15, -0.1) is 0 Å². The predicted octanol–water partition coefficient (Wildman–Crippen LogP) is 4.31. The lowest BCUT2D eigenvalue weighted by atomic mass is 9.86. The largest absolute Gasteiger partial charge is 0.396 e. The molecule has 0 aliphatic heterocycles. The summed E-state index contributed by atoms with van der Waals surface area (Å²) in [5.41, 5.74) is 2.13. The van der Waals surface area contributed by atoms with E-state index >= 15 is 0 Å². The fourth-order valence-corrected chi connectivity index (χ4v) is 4.33. The van der Waals surface area contributed by atoms with Crippen LogP contribution in [0.4, 0.5) is 5.69 Å². The molecule has 26 heavy (non-hydrogen) atoms. The molecule has 0 aromatic carbocycles. The van der Waals surface area contributed by atoms with Gasteiger partial charge in [-0.1, -0.05) is 19.6 Å². The zero-order chi connectivity index (χ0) is 18.6. The van der Waals surface area contributed by atoms with Crippen LogP contribution in [0.5, 0.6) is 0 Å². The van der Waals surface area contributed by atoms with Gasteiger partial charge in [0.25, 0.3) is 0 Å². The maximum atomic E-state index is 9.30. The van der Waals surface area contributed by atoms with E-state index in [1.54, 1.807) is 0 Å². The van der Waals surface area contributed by atoms with E-state index in [9.17, 15) is 5.11 Å². The summed E-state index contributed by atoms with van der Waals surface area (Å²) in [5.74, 6) is 0.486. The monoisotopic (exact) mass is 375 g/mol. The third-order valence-electron chi connectivity index (χ3n) is 5.35. The Labute approximate surface area is 157 Å². The first-order valence-electron chi connectivity index (χ1n) is 9.85. The predicted molar refractivity (Wildman–Crippen MR) is 110 cm³/mol. The number of ether oxygens (including phenoxy) is 1. The van der Waals surface area contributed by atoms with E-state index < -0.39 is 8.07 Å². The van der Waals surface area contributed by atoms with E-state index in [-0.39, 0.29) is 0 Å². The van der Waals surface area contributed by atoms with Crippen molar-refractivity contribution >= 4 is 24.8 Å². The maximum absolute atomic E-state index is 9.30. The van der Waals surface area contributed by atoms with E-state index in [1.807, 2.05) is 6.20 Å². The number of aliphatic hydroxyl groups is 1. The number of rotatable bonds is 8. The van der Waals surface area contributed by atoms with Crippen molar-refractivity contribution in [1.82, 2.24) is 9.55 Å². The first kappa shape index (κ1) is 19.4. The van der Waals surface area contributed by atoms with Gasteiger partial charge in [-0.2, -0.15) is 0 Å². The number of anilines is 1. The van der Waals surface area contributed by atoms with Gasteiger partial charge in [-0.25, -0.2) is 4.98 Å². The zero-order valence-electron chi connectivity index (χ0n) is 16.4. The van der Waals surface area contributed by atoms with Gasteiger partial charge >= 0.3 is 0 Å². The lowest BCUT2D eigenvalue weighted by molar-refractivity contribution is 0.0899. The molecule has 2 heterocycles. The van der Waals surface area contributed by atoms with Crippen LogP contribution in [0.15, 0.2) is 24.5 Å². The van der Waals surface area contributed by atoms with Crippen molar-refractivity contribution < 1.29 is 9.84 Å². The van der Waals surface area contributed by atoms with Crippen LogP contribution in [0.25, 0.3) is 11.0 Å². The fourth-order valence-electron chi connectivity index (χ4n) is 3.57. The molecule has 0 atom stereocenters. The van der Waals surface area contributed by atoms with Crippen LogP contribution in [0.2, 0.25) is 25.7 Å². The number of hydrogen-bond acceptors (Lipinski definition) is 4. The average molecular weight is 376 g/mol. The second-order valence-electron chi connectivity index (χ2n) is 8.77. The van der Waals surface area contributed by atoms with Crippen molar-refractivity contribution in [1.29, 1.82) is 0 Å². The fraction of sp³-hybridized carbons (Fsp3) is 0.650. The van der Waals surface area contributed by atoms with Crippen molar-refractivity contribution in [3.8, 4) is 0 Å². The molecule has 2 aromatic rings. The first-order chi connectivity index (χ1) is 12.5. The van der Waals surface area contributed by atoms with Gasteiger partial charge in [0.1, 0.15) is 12.4 Å². The second-order valence-corrected chi connectivity index (χ2v) is 14.4. The Kier molecular flexibility index (Phi) is 6.37. The summed E-state index contributed by atoms with van der Waals surface area (Å²) in [5, 5.41) is 14.2. The average Bonchev–Trinajstić information content (AvgIpc) is 3.03. The number of hydrogen-bond donors (Lipinski definition) is 2. The van der Waals surface area contributed by atoms with Crippen LogP contribution in [-0.4, -0.2) is 42.0 Å². The normalized spacial score (nSPS) is 21.2. The second kappa shape index (κ2) is 8.54. The molecule has 2 aromatic heterocycles. The first-order valence-corrected chi connectivity index (χ1v) is 13.6. The number of pyridine rings is 1. The minimum atomic E-state index is -1.05. The van der Waals surface area contributed by atoms with Gasteiger partial charge in [0, 0.05) is 50.8 Å². The van der Waals surface area contributed by atoms with Gasteiger partial charge in [0.05, 0.1) is 0 Å². The molecule has 0 bridgehead atoms. The highest BCUT2D eigenvalue weighted by Gasteiger charge is 2.21. The highest BCUT2D eigenvalue weighted by Crippen LogP contribution is 2.29. The van der Waals surface area contributed by atoms with E-state index in [0.29, 0.717) is 25.3 Å². The highest BCUT2D eigenvalue weighted by molar-refractivity contribution is 6.76. The van der Waals surface area contributed by atoms with Gasteiger partial charge in [0.2, 0.25) is 0 Å². The molecule has 5 nitrogen and oxygen atoms in total. The third kappa shape index (κ3) is 5.08. The molecule has 0 saturated heterocycles. The van der Waals surface area contributed by atoms with E-state index in [1.165, 1.54) is 6.04 Å². The van der Waals surface area contributed by atoms with E-state index in [4.69, 9.17) is 4.74 Å². The van der Waals surface area contributed by atoms with E-state index in [0.717, 1.165) is 49.0 Å². The molecule has 0 amide bonds. The summed E-state index contributed by atoms with van der Waals surface area (Å²) < 4.78 is 7.98. The molecule has 1 aliphatic carbocycles. The summed E-state index contributed by atoms with van der Waals surface area (Å²) in [6, 6.07) is 5.87. The summed E-state index contributed by atoms with van der Waals surface area (Å²) >= 11 is 0. The molecule has 2 N–H and O–H groups in total. The zero-order valence-corrected chi connectivity index (χ0v) is 17.4. The lowest BCUT2D eigenvalue weighted by Gasteiger charge is -2.28. The van der Waals surface area contributed by atoms with Crippen LogP contribution in [0.3, 0.4) is 0 Å². The summed E-state index contributed by atoms with van der Waals surface area (Å²) in [6.45, 7) is 8.82. The lowest BCUT2D eigenvalue weighted by Crippen LogP contribution is -2.27. The third-order valence-corrected chi connectivity index (χ3v) is 7.06. The van der Waals surface area contributed by atoms with Gasteiger partial charge in [0.15, 0.2) is 0 Å². The number of aliphatic hydroxyl groups excluding tert-OH is 1. The number of fused-ring (bicyclic) bond motifs is 1. The van der Waals surface area contributed by atoms with Crippen molar-refractivity contribution in [2.45, 2.75) is 64.1 Å². The SMILES string of the molecule is C[Si](C)(C)CCOCn1ccc2c(NC3CCC(CO)CC3)ccnc21. The van der Waals surface area contributed by atoms with Gasteiger partial charge in [-0.05, 0) is 49.8 Å². The van der Waals surface area contributed by atoms with E-state index in [2.05, 4.69) is 52.8 Å². The number of nitrogens with one attached hydrogen (secondary N) is 1. The van der Waals surface area contributed by atoms with Gasteiger partial charge in [-0.3, -0.25) is 0 Å².